The fraction of sp³-hybridized carbons (Fsp3) is 0. The van der Waals surface area contributed by atoms with Crippen LogP contribution in [-0.2, 0) is 0 Å². The van der Waals surface area contributed by atoms with Crippen LogP contribution in [0, 0.1) is 0 Å². The van der Waals surface area contributed by atoms with Gasteiger partial charge in [-0.05, 0) is 18.2 Å². The maximum Gasteiger partial charge on any atom is 0.353 e. The number of hydrogen-bond donors (Lipinski definition) is 2. The minimum atomic E-state index is -1.06. The molecule has 82 valence electrons. The Bertz CT molecular complexity index is 552. The van der Waals surface area contributed by atoms with Crippen molar-refractivity contribution in [2.24, 2.45) is 0 Å². The molecule has 0 radical (unpaired) electrons. The fourth-order valence-corrected chi connectivity index (χ4v) is 1.52. The van der Waals surface area contributed by atoms with E-state index in [0.29, 0.717) is 21.4 Å². The summed E-state index contributed by atoms with van der Waals surface area (Å²) in [7, 11) is 0. The normalized spacial score (nSPS) is 10.4. The molecule has 0 amide bonds. The number of carboxylic acid groups (broad SMARTS) is 1. The van der Waals surface area contributed by atoms with Gasteiger partial charge in [-0.3, -0.25) is 0 Å². The largest absolute Gasteiger partial charge is 0.477 e. The van der Waals surface area contributed by atoms with Crippen LogP contribution in [0.15, 0.2) is 24.4 Å². The van der Waals surface area contributed by atoms with E-state index in [4.69, 9.17) is 28.3 Å². The number of aromatic nitrogens is 2. The van der Waals surface area contributed by atoms with Crippen molar-refractivity contribution in [1.82, 2.24) is 9.97 Å². The first-order chi connectivity index (χ1) is 7.58. The standard InChI is InChI=1S/C10H6Cl2N2O2/c11-6-2-1-5(3-7(6)12)9-13-4-8(14-9)10(15)16/h1-4H,(H,13,14)(H,15,16). The second-order valence-electron chi connectivity index (χ2n) is 3.08. The number of imidazole rings is 1. The molecule has 4 nitrogen and oxygen atoms in total. The van der Waals surface area contributed by atoms with E-state index in [1.165, 1.54) is 6.20 Å². The zero-order valence-electron chi connectivity index (χ0n) is 7.87. The third kappa shape index (κ3) is 2.03. The Morgan fingerprint density at radius 3 is 2.62 bits per heavy atom. The predicted molar refractivity (Wildman–Crippen MR) is 61.0 cm³/mol. The first-order valence-corrected chi connectivity index (χ1v) is 5.07. The lowest BCUT2D eigenvalue weighted by atomic mass is 10.2. The second kappa shape index (κ2) is 4.15. The molecule has 2 rings (SSSR count). The molecule has 0 unspecified atom stereocenters. The maximum absolute atomic E-state index is 10.6. The van der Waals surface area contributed by atoms with Gasteiger partial charge in [-0.1, -0.05) is 23.2 Å². The van der Waals surface area contributed by atoms with Crippen molar-refractivity contribution in [2.45, 2.75) is 0 Å². The van der Waals surface area contributed by atoms with Gasteiger partial charge in [-0.15, -0.1) is 0 Å². The highest BCUT2D eigenvalue weighted by Gasteiger charge is 2.09. The zero-order valence-corrected chi connectivity index (χ0v) is 9.38. The van der Waals surface area contributed by atoms with Crippen LogP contribution in [-0.4, -0.2) is 21.0 Å². The number of carboxylic acids is 1. The summed E-state index contributed by atoms with van der Waals surface area (Å²) in [5.41, 5.74) is 0.711. The molecule has 16 heavy (non-hydrogen) atoms. The molecule has 0 bridgehead atoms. The first-order valence-electron chi connectivity index (χ1n) is 4.31. The van der Waals surface area contributed by atoms with Gasteiger partial charge in [0.15, 0.2) is 0 Å². The molecular formula is C10H6Cl2N2O2. The molecule has 0 atom stereocenters. The van der Waals surface area contributed by atoms with Gasteiger partial charge in [-0.25, -0.2) is 9.78 Å². The van der Waals surface area contributed by atoms with Crippen molar-refractivity contribution in [2.75, 3.05) is 0 Å². The summed E-state index contributed by atoms with van der Waals surface area (Å²) in [6, 6.07) is 4.95. The number of nitrogens with zero attached hydrogens (tertiary/aromatic N) is 1. The number of aromatic amines is 1. The molecule has 1 aromatic heterocycles. The Labute approximate surface area is 101 Å². The van der Waals surface area contributed by atoms with Crippen LogP contribution in [0.1, 0.15) is 10.5 Å². The van der Waals surface area contributed by atoms with E-state index in [1.54, 1.807) is 18.2 Å². The van der Waals surface area contributed by atoms with E-state index in [0.717, 1.165) is 0 Å². The first kappa shape index (κ1) is 11.0. The Hall–Kier alpha value is -1.52. The van der Waals surface area contributed by atoms with Gasteiger partial charge in [0.25, 0.3) is 0 Å². The van der Waals surface area contributed by atoms with Crippen LogP contribution in [0.25, 0.3) is 11.4 Å². The van der Waals surface area contributed by atoms with E-state index in [-0.39, 0.29) is 5.69 Å². The van der Waals surface area contributed by atoms with Crippen LogP contribution >= 0.6 is 23.2 Å². The lowest BCUT2D eigenvalue weighted by molar-refractivity contribution is 0.0691. The van der Waals surface area contributed by atoms with Crippen molar-refractivity contribution in [3.8, 4) is 11.4 Å². The molecule has 0 aliphatic heterocycles. The van der Waals surface area contributed by atoms with Crippen LogP contribution in [0.4, 0.5) is 0 Å². The Morgan fingerprint density at radius 1 is 1.31 bits per heavy atom. The summed E-state index contributed by atoms with van der Waals surface area (Å²) in [4.78, 5) is 17.3. The number of aromatic carboxylic acids is 1. The lowest BCUT2D eigenvalue weighted by Crippen LogP contribution is -1.95. The highest BCUT2D eigenvalue weighted by molar-refractivity contribution is 6.42. The van der Waals surface area contributed by atoms with Gasteiger partial charge >= 0.3 is 5.97 Å². The van der Waals surface area contributed by atoms with Crippen LogP contribution in [0.5, 0.6) is 0 Å². The SMILES string of the molecule is O=C(O)c1cnc(-c2ccc(Cl)c(Cl)c2)[nH]1. The van der Waals surface area contributed by atoms with Crippen LogP contribution in [0.3, 0.4) is 0 Å². The van der Waals surface area contributed by atoms with E-state index >= 15 is 0 Å². The van der Waals surface area contributed by atoms with Gasteiger partial charge in [-0.2, -0.15) is 0 Å². The number of hydrogen-bond acceptors (Lipinski definition) is 2. The minimum absolute atomic E-state index is 0.0288. The predicted octanol–water partition coefficient (Wildman–Crippen LogP) is 3.08. The van der Waals surface area contributed by atoms with Crippen LogP contribution in [0.2, 0.25) is 10.0 Å². The Morgan fingerprint density at radius 2 is 2.06 bits per heavy atom. The highest BCUT2D eigenvalue weighted by atomic mass is 35.5. The average Bonchev–Trinajstić information content (AvgIpc) is 2.71. The van der Waals surface area contributed by atoms with Crippen molar-refractivity contribution in [3.63, 3.8) is 0 Å². The monoisotopic (exact) mass is 256 g/mol. The molecule has 0 saturated carbocycles. The van der Waals surface area contributed by atoms with Crippen LogP contribution < -0.4 is 0 Å². The van der Waals surface area contributed by atoms with Gasteiger partial charge in [0, 0.05) is 5.56 Å². The number of halogens is 2. The summed E-state index contributed by atoms with van der Waals surface area (Å²) in [6.45, 7) is 0. The quantitative estimate of drug-likeness (QED) is 0.868. The summed E-state index contributed by atoms with van der Waals surface area (Å²) in [5.74, 6) is -0.616. The van der Waals surface area contributed by atoms with Gasteiger partial charge in [0.05, 0.1) is 16.2 Å². The molecule has 0 saturated heterocycles. The summed E-state index contributed by atoms with van der Waals surface area (Å²) >= 11 is 11.6. The van der Waals surface area contributed by atoms with E-state index in [9.17, 15) is 4.79 Å². The molecule has 0 fully saturated rings. The van der Waals surface area contributed by atoms with E-state index in [2.05, 4.69) is 9.97 Å². The number of H-pyrrole nitrogens is 1. The fourth-order valence-electron chi connectivity index (χ4n) is 1.22. The third-order valence-electron chi connectivity index (χ3n) is 2.00. The lowest BCUT2D eigenvalue weighted by Gasteiger charge is -1.99. The van der Waals surface area contributed by atoms with Crippen molar-refractivity contribution in [1.29, 1.82) is 0 Å². The molecule has 2 aromatic rings. The van der Waals surface area contributed by atoms with E-state index in [1.807, 2.05) is 0 Å². The molecule has 0 spiro atoms. The maximum atomic E-state index is 10.6. The molecular weight excluding hydrogens is 251 g/mol. The number of rotatable bonds is 2. The van der Waals surface area contributed by atoms with Crippen molar-refractivity contribution >= 4 is 29.2 Å². The molecule has 0 aliphatic rings. The summed E-state index contributed by atoms with van der Waals surface area (Å²) in [6.07, 6.45) is 1.25. The smallest absolute Gasteiger partial charge is 0.353 e. The van der Waals surface area contributed by atoms with Crippen molar-refractivity contribution < 1.29 is 9.90 Å². The topological polar surface area (TPSA) is 66.0 Å². The molecule has 2 N–H and O–H groups in total. The molecule has 6 heteroatoms. The second-order valence-corrected chi connectivity index (χ2v) is 3.89. The van der Waals surface area contributed by atoms with Crippen molar-refractivity contribution in [3.05, 3.63) is 40.1 Å². The number of nitrogens with one attached hydrogen (secondary N) is 1. The Balaban J connectivity index is 2.42. The number of benzene rings is 1. The van der Waals surface area contributed by atoms with E-state index < -0.39 is 5.97 Å². The summed E-state index contributed by atoms with van der Waals surface area (Å²) in [5, 5.41) is 9.56. The summed E-state index contributed by atoms with van der Waals surface area (Å²) < 4.78 is 0. The highest BCUT2D eigenvalue weighted by Crippen LogP contribution is 2.26. The van der Waals surface area contributed by atoms with Gasteiger partial charge in [0.1, 0.15) is 11.5 Å². The molecule has 1 heterocycles. The molecule has 0 aliphatic carbocycles. The molecule has 1 aromatic carbocycles. The van der Waals surface area contributed by atoms with Gasteiger partial charge < -0.3 is 10.1 Å². The number of carbonyl (C=O) groups is 1. The third-order valence-corrected chi connectivity index (χ3v) is 2.74. The van der Waals surface area contributed by atoms with Gasteiger partial charge in [0.2, 0.25) is 0 Å². The average molecular weight is 257 g/mol. The zero-order chi connectivity index (χ0) is 11.7. The minimum Gasteiger partial charge on any atom is -0.477 e. The Kier molecular flexibility index (Phi) is 2.85.